The molecule has 9 heteroatoms. The predicted octanol–water partition coefficient (Wildman–Crippen LogP) is 2.43. The van der Waals surface area contributed by atoms with Gasteiger partial charge in [-0.3, -0.25) is 18.5 Å². The van der Waals surface area contributed by atoms with Gasteiger partial charge in [0.15, 0.2) is 11.2 Å². The number of aryl methyl sites for hydroxylation is 2. The number of fused-ring (bicyclic) bond motifs is 3. The molecule has 0 spiro atoms. The van der Waals surface area contributed by atoms with Crippen LogP contribution in [0.1, 0.15) is 17.5 Å². The van der Waals surface area contributed by atoms with E-state index in [0.717, 1.165) is 23.0 Å². The lowest BCUT2D eigenvalue weighted by molar-refractivity contribution is 0.627. The molecule has 8 nitrogen and oxygen atoms in total. The molecule has 0 atom stereocenters. The van der Waals surface area contributed by atoms with E-state index in [4.69, 9.17) is 5.10 Å². The van der Waals surface area contributed by atoms with Crippen molar-refractivity contribution in [1.29, 1.82) is 0 Å². The molecule has 3 heterocycles. The lowest BCUT2D eigenvalue weighted by atomic mass is 10.1. The minimum absolute atomic E-state index is 0.292. The molecule has 0 radical (unpaired) electrons. The number of hydrogen-bond acceptors (Lipinski definition) is 5. The van der Waals surface area contributed by atoms with Crippen molar-refractivity contribution in [1.82, 2.24) is 18.7 Å². The Morgan fingerprint density at radius 3 is 2.42 bits per heavy atom. The first kappa shape index (κ1) is 20.9. The zero-order chi connectivity index (χ0) is 23.1. The maximum absolute atomic E-state index is 13.5. The van der Waals surface area contributed by atoms with E-state index in [0.29, 0.717) is 35.9 Å². The highest BCUT2D eigenvalue weighted by atomic mass is 19.1. The Kier molecular flexibility index (Phi) is 5.16. The quantitative estimate of drug-likeness (QED) is 0.472. The summed E-state index contributed by atoms with van der Waals surface area (Å²) in [6, 6.07) is 16.3. The van der Waals surface area contributed by atoms with Gasteiger partial charge in [0.2, 0.25) is 5.95 Å². The van der Waals surface area contributed by atoms with Gasteiger partial charge >= 0.3 is 5.69 Å². The molecule has 0 N–H and O–H groups in total. The van der Waals surface area contributed by atoms with E-state index < -0.39 is 11.2 Å². The first-order valence-electron chi connectivity index (χ1n) is 10.7. The van der Waals surface area contributed by atoms with Crippen LogP contribution in [0.3, 0.4) is 0 Å². The van der Waals surface area contributed by atoms with Gasteiger partial charge < -0.3 is 0 Å². The van der Waals surface area contributed by atoms with Crippen LogP contribution in [0.2, 0.25) is 0 Å². The van der Waals surface area contributed by atoms with Crippen molar-refractivity contribution in [3.05, 3.63) is 92.4 Å². The molecule has 0 saturated heterocycles. The molecule has 1 aliphatic rings. The zero-order valence-corrected chi connectivity index (χ0v) is 18.4. The Hall–Kier alpha value is -4.01. The fourth-order valence-electron chi connectivity index (χ4n) is 4.17. The molecule has 2 aromatic heterocycles. The summed E-state index contributed by atoms with van der Waals surface area (Å²) in [6.45, 7) is 0.858. The lowest BCUT2D eigenvalue weighted by Gasteiger charge is -2.26. The van der Waals surface area contributed by atoms with Crippen molar-refractivity contribution in [3.63, 3.8) is 0 Å². The molecule has 0 saturated carbocycles. The molecular weight excluding hydrogens is 423 g/mol. The average molecular weight is 446 g/mol. The first-order valence-corrected chi connectivity index (χ1v) is 10.7. The van der Waals surface area contributed by atoms with Crippen molar-refractivity contribution in [2.24, 2.45) is 19.2 Å². The van der Waals surface area contributed by atoms with Gasteiger partial charge in [0.1, 0.15) is 5.82 Å². The van der Waals surface area contributed by atoms with Crippen LogP contribution < -0.4 is 16.3 Å². The van der Waals surface area contributed by atoms with Gasteiger partial charge in [-0.05, 0) is 36.1 Å². The second kappa shape index (κ2) is 8.16. The van der Waals surface area contributed by atoms with Crippen LogP contribution in [0.15, 0.2) is 69.3 Å². The van der Waals surface area contributed by atoms with Crippen LogP contribution in [-0.2, 0) is 27.1 Å². The molecule has 33 heavy (non-hydrogen) atoms. The van der Waals surface area contributed by atoms with Gasteiger partial charge in [0, 0.05) is 20.6 Å². The van der Waals surface area contributed by atoms with Gasteiger partial charge in [-0.15, -0.1) is 0 Å². The summed E-state index contributed by atoms with van der Waals surface area (Å²) < 4.78 is 17.8. The summed E-state index contributed by atoms with van der Waals surface area (Å²) in [6.07, 6.45) is 1.67. The molecule has 0 amide bonds. The summed E-state index contributed by atoms with van der Waals surface area (Å²) in [4.78, 5) is 30.1. The highest BCUT2D eigenvalue weighted by Crippen LogP contribution is 2.26. The molecular formula is C24H23FN6O2. The van der Waals surface area contributed by atoms with Crippen molar-refractivity contribution in [3.8, 4) is 0 Å². The lowest BCUT2D eigenvalue weighted by Crippen LogP contribution is -2.38. The van der Waals surface area contributed by atoms with Crippen molar-refractivity contribution in [2.75, 3.05) is 11.6 Å². The number of hydrogen-bond donors (Lipinski definition) is 0. The van der Waals surface area contributed by atoms with Gasteiger partial charge in [-0.2, -0.15) is 10.1 Å². The number of anilines is 1. The molecule has 5 rings (SSSR count). The van der Waals surface area contributed by atoms with Crippen LogP contribution in [0.5, 0.6) is 0 Å². The van der Waals surface area contributed by atoms with Crippen LogP contribution >= 0.6 is 0 Å². The summed E-state index contributed by atoms with van der Waals surface area (Å²) in [5.41, 5.74) is 2.51. The smallest absolute Gasteiger partial charge is 0.297 e. The number of aromatic nitrogens is 4. The Bertz CT molecular complexity index is 1480. The summed E-state index contributed by atoms with van der Waals surface area (Å²) in [7, 11) is 3.06. The third-order valence-corrected chi connectivity index (χ3v) is 5.96. The number of benzene rings is 2. The number of imidazole rings is 1. The highest BCUT2D eigenvalue weighted by molar-refractivity contribution is 6.02. The fraction of sp³-hybridized carbons (Fsp3) is 0.250. The normalized spacial score (nSPS) is 13.3. The van der Waals surface area contributed by atoms with Gasteiger partial charge in [0.25, 0.3) is 5.56 Å². The molecule has 1 aliphatic heterocycles. The van der Waals surface area contributed by atoms with Crippen molar-refractivity contribution >= 4 is 22.8 Å². The number of halogens is 1. The van der Waals surface area contributed by atoms with E-state index >= 15 is 0 Å². The largest absolute Gasteiger partial charge is 0.332 e. The Morgan fingerprint density at radius 1 is 0.970 bits per heavy atom. The second-order valence-electron chi connectivity index (χ2n) is 8.14. The molecule has 0 fully saturated rings. The molecule has 4 aromatic rings. The van der Waals surface area contributed by atoms with E-state index in [1.165, 1.54) is 29.3 Å². The molecule has 0 bridgehead atoms. The van der Waals surface area contributed by atoms with Gasteiger partial charge in [-0.1, -0.05) is 42.5 Å². The summed E-state index contributed by atoms with van der Waals surface area (Å²) in [5.74, 6) is 0.190. The number of rotatable bonds is 5. The Balaban J connectivity index is 1.59. The molecule has 2 aromatic carbocycles. The summed E-state index contributed by atoms with van der Waals surface area (Å²) >= 11 is 0. The van der Waals surface area contributed by atoms with E-state index in [1.807, 2.05) is 18.2 Å². The second-order valence-corrected chi connectivity index (χ2v) is 8.14. The minimum Gasteiger partial charge on any atom is -0.297 e. The van der Waals surface area contributed by atoms with E-state index in [2.05, 4.69) is 17.1 Å². The topological polar surface area (TPSA) is 77.4 Å². The summed E-state index contributed by atoms with van der Waals surface area (Å²) in [5, 5.41) is 6.57. The van der Waals surface area contributed by atoms with Crippen LogP contribution in [0.4, 0.5) is 10.3 Å². The molecule has 0 unspecified atom stereocenters. The van der Waals surface area contributed by atoms with E-state index in [1.54, 1.807) is 28.8 Å². The predicted molar refractivity (Wildman–Crippen MR) is 125 cm³/mol. The number of nitrogens with zero attached hydrogens (tertiary/aromatic N) is 6. The van der Waals surface area contributed by atoms with Crippen molar-refractivity contribution in [2.45, 2.75) is 19.4 Å². The van der Waals surface area contributed by atoms with Gasteiger partial charge in [-0.25, -0.2) is 14.2 Å². The zero-order valence-electron chi connectivity index (χ0n) is 18.4. The van der Waals surface area contributed by atoms with E-state index in [9.17, 15) is 14.0 Å². The van der Waals surface area contributed by atoms with Gasteiger partial charge in [0.05, 0.1) is 12.3 Å². The molecule has 0 aliphatic carbocycles. The van der Waals surface area contributed by atoms with Crippen LogP contribution in [0, 0.1) is 5.82 Å². The standard InChI is InChI=1S/C24H23FN6O2/c1-28-21-20(22(32)29(2)24(28)33)30-15-19(17-10-12-18(25)13-11-17)27-31(23(30)26-21)14-6-9-16-7-4-3-5-8-16/h3-5,7-8,10-13H,6,9,14-15H2,1-2H3. The average Bonchev–Trinajstić information content (AvgIpc) is 3.22. The fourth-order valence-corrected chi connectivity index (χ4v) is 4.17. The first-order chi connectivity index (χ1) is 15.9. The molecule has 168 valence electrons. The third kappa shape index (κ3) is 3.65. The Labute approximate surface area is 188 Å². The van der Waals surface area contributed by atoms with Crippen molar-refractivity contribution < 1.29 is 4.39 Å². The third-order valence-electron chi connectivity index (χ3n) is 5.96. The van der Waals surface area contributed by atoms with E-state index in [-0.39, 0.29) is 5.82 Å². The SMILES string of the molecule is Cn1c(=O)c2c(nc3n2CC(c2ccc(F)cc2)=NN3CCCc2ccccc2)n(C)c1=O. The minimum atomic E-state index is -0.432. The number of hydrazone groups is 1. The Morgan fingerprint density at radius 2 is 1.70 bits per heavy atom. The maximum Gasteiger partial charge on any atom is 0.332 e. The van der Waals surface area contributed by atoms with Crippen LogP contribution in [0.25, 0.3) is 11.2 Å². The highest BCUT2D eigenvalue weighted by Gasteiger charge is 2.27. The monoisotopic (exact) mass is 446 g/mol. The maximum atomic E-state index is 13.5. The van der Waals surface area contributed by atoms with Crippen LogP contribution in [-0.4, -0.2) is 30.9 Å².